The molecule has 0 radical (unpaired) electrons. The van der Waals surface area contributed by atoms with E-state index in [9.17, 15) is 21.6 Å². The minimum atomic E-state index is -4.63. The van der Waals surface area contributed by atoms with E-state index in [2.05, 4.69) is 10.2 Å². The van der Waals surface area contributed by atoms with Crippen molar-refractivity contribution in [2.45, 2.75) is 43.8 Å². The van der Waals surface area contributed by atoms with Crippen LogP contribution in [0, 0.1) is 0 Å². The van der Waals surface area contributed by atoms with Gasteiger partial charge < -0.3 is 5.73 Å². The van der Waals surface area contributed by atoms with E-state index < -0.39 is 33.7 Å². The summed E-state index contributed by atoms with van der Waals surface area (Å²) >= 11 is 0. The van der Waals surface area contributed by atoms with Crippen molar-refractivity contribution in [3.63, 3.8) is 0 Å². The Kier molecular flexibility index (Phi) is 5.03. The Morgan fingerprint density at radius 3 is 2.30 bits per heavy atom. The fourth-order valence-electron chi connectivity index (χ4n) is 1.90. The summed E-state index contributed by atoms with van der Waals surface area (Å²) in [5.74, 6) is -0.275. The first kappa shape index (κ1) is 16.8. The zero-order chi connectivity index (χ0) is 15.6. The molecule has 0 saturated heterocycles. The molecule has 1 aromatic heterocycles. The van der Waals surface area contributed by atoms with Gasteiger partial charge in [0.15, 0.2) is 0 Å². The molecule has 0 amide bonds. The van der Waals surface area contributed by atoms with Crippen molar-refractivity contribution in [2.75, 3.05) is 12.3 Å². The van der Waals surface area contributed by atoms with E-state index in [1.54, 1.807) is 13.8 Å². The molecule has 0 spiro atoms. The number of hydrogen-bond acceptors (Lipinski definition) is 4. The SMILES string of the molecule is CCC(CC)N(CC(F)(F)F)S(=O)(=O)c1cn[nH]c1N. The quantitative estimate of drug-likeness (QED) is 0.836. The summed E-state index contributed by atoms with van der Waals surface area (Å²) in [5.41, 5.74) is 5.41. The lowest BCUT2D eigenvalue weighted by atomic mass is 10.2. The minimum absolute atomic E-state index is 0.267. The zero-order valence-electron chi connectivity index (χ0n) is 11.1. The Morgan fingerprint density at radius 2 is 1.95 bits per heavy atom. The molecule has 3 N–H and O–H groups in total. The molecule has 0 aliphatic heterocycles. The number of sulfonamides is 1. The molecule has 10 heteroatoms. The first-order valence-corrected chi connectivity index (χ1v) is 7.44. The summed E-state index contributed by atoms with van der Waals surface area (Å²) in [6, 6.07) is -0.754. The monoisotopic (exact) mass is 314 g/mol. The van der Waals surface area contributed by atoms with Crippen LogP contribution in [0.5, 0.6) is 0 Å². The minimum Gasteiger partial charge on any atom is -0.383 e. The van der Waals surface area contributed by atoms with Gasteiger partial charge in [-0.3, -0.25) is 5.10 Å². The summed E-state index contributed by atoms with van der Waals surface area (Å²) in [6.07, 6.45) is -3.18. The highest BCUT2D eigenvalue weighted by Gasteiger charge is 2.41. The number of anilines is 1. The van der Waals surface area contributed by atoms with Crippen molar-refractivity contribution in [3.05, 3.63) is 6.20 Å². The second kappa shape index (κ2) is 6.00. The third-order valence-corrected chi connectivity index (χ3v) is 4.83. The summed E-state index contributed by atoms with van der Waals surface area (Å²) in [4.78, 5) is -0.436. The Balaban J connectivity index is 3.26. The van der Waals surface area contributed by atoms with Crippen LogP contribution in [0.1, 0.15) is 26.7 Å². The third kappa shape index (κ3) is 3.63. The number of rotatable bonds is 6. The number of halogens is 3. The van der Waals surface area contributed by atoms with Crippen LogP contribution in [-0.4, -0.2) is 41.7 Å². The average Bonchev–Trinajstić information content (AvgIpc) is 2.75. The van der Waals surface area contributed by atoms with Crippen LogP contribution in [0.4, 0.5) is 19.0 Å². The maximum atomic E-state index is 12.7. The molecule has 0 aliphatic carbocycles. The summed E-state index contributed by atoms with van der Waals surface area (Å²) in [7, 11) is -4.35. The molecular weight excluding hydrogens is 297 g/mol. The highest BCUT2D eigenvalue weighted by atomic mass is 32.2. The predicted molar refractivity (Wildman–Crippen MR) is 67.3 cm³/mol. The number of H-pyrrole nitrogens is 1. The van der Waals surface area contributed by atoms with Gasteiger partial charge >= 0.3 is 6.18 Å². The number of aromatic nitrogens is 2. The van der Waals surface area contributed by atoms with Gasteiger partial charge in [-0.15, -0.1) is 0 Å². The molecule has 1 rings (SSSR count). The molecule has 1 heterocycles. The fourth-order valence-corrected chi connectivity index (χ4v) is 3.67. The number of alkyl halides is 3. The highest BCUT2D eigenvalue weighted by Crippen LogP contribution is 2.28. The maximum Gasteiger partial charge on any atom is 0.402 e. The van der Waals surface area contributed by atoms with E-state index in [4.69, 9.17) is 5.73 Å². The van der Waals surface area contributed by atoms with Crippen molar-refractivity contribution in [2.24, 2.45) is 0 Å². The molecule has 1 aromatic rings. The van der Waals surface area contributed by atoms with Gasteiger partial charge in [0.25, 0.3) is 0 Å². The Labute approximate surface area is 115 Å². The molecule has 20 heavy (non-hydrogen) atoms. The number of nitrogens with zero attached hydrogens (tertiary/aromatic N) is 2. The van der Waals surface area contributed by atoms with E-state index in [1.165, 1.54) is 0 Å². The lowest BCUT2D eigenvalue weighted by Gasteiger charge is -2.29. The van der Waals surface area contributed by atoms with Gasteiger partial charge in [0.2, 0.25) is 10.0 Å². The molecule has 0 unspecified atom stereocenters. The normalized spacial score (nSPS) is 13.3. The molecule has 0 aliphatic rings. The lowest BCUT2D eigenvalue weighted by molar-refractivity contribution is -0.139. The van der Waals surface area contributed by atoms with Crippen molar-refractivity contribution >= 4 is 15.8 Å². The Morgan fingerprint density at radius 1 is 1.40 bits per heavy atom. The van der Waals surface area contributed by atoms with Crippen LogP contribution in [-0.2, 0) is 10.0 Å². The smallest absolute Gasteiger partial charge is 0.383 e. The summed E-state index contributed by atoms with van der Waals surface area (Å²) < 4.78 is 63.1. The fraction of sp³-hybridized carbons (Fsp3) is 0.700. The van der Waals surface area contributed by atoms with Crippen molar-refractivity contribution in [1.29, 1.82) is 0 Å². The van der Waals surface area contributed by atoms with Crippen LogP contribution in [0.15, 0.2) is 11.1 Å². The van der Waals surface area contributed by atoms with Gasteiger partial charge in [0.05, 0.1) is 6.20 Å². The number of aromatic amines is 1. The lowest BCUT2D eigenvalue weighted by Crippen LogP contribution is -2.45. The number of nitrogen functional groups attached to an aromatic ring is 1. The highest BCUT2D eigenvalue weighted by molar-refractivity contribution is 7.89. The van der Waals surface area contributed by atoms with Gasteiger partial charge in [-0.1, -0.05) is 13.8 Å². The van der Waals surface area contributed by atoms with E-state index >= 15 is 0 Å². The van der Waals surface area contributed by atoms with E-state index in [0.717, 1.165) is 6.20 Å². The second-order valence-electron chi connectivity index (χ2n) is 4.28. The zero-order valence-corrected chi connectivity index (χ0v) is 11.9. The van der Waals surface area contributed by atoms with Gasteiger partial charge in [-0.25, -0.2) is 8.42 Å². The topological polar surface area (TPSA) is 92.1 Å². The van der Waals surface area contributed by atoms with E-state index in [-0.39, 0.29) is 18.7 Å². The number of nitrogens with one attached hydrogen (secondary N) is 1. The molecule has 116 valence electrons. The van der Waals surface area contributed by atoms with Crippen LogP contribution < -0.4 is 5.73 Å². The molecule has 0 fully saturated rings. The van der Waals surface area contributed by atoms with Crippen LogP contribution >= 0.6 is 0 Å². The van der Waals surface area contributed by atoms with Crippen molar-refractivity contribution in [3.8, 4) is 0 Å². The molecule has 0 atom stereocenters. The third-order valence-electron chi connectivity index (χ3n) is 2.90. The standard InChI is InChI=1S/C10H17F3N4O2S/c1-3-7(4-2)17(6-10(11,12)13)20(18,19)8-5-15-16-9(8)14/h5,7H,3-4,6H2,1-2H3,(H3,14,15,16). The molecule has 0 saturated carbocycles. The van der Waals surface area contributed by atoms with Gasteiger partial charge in [-0.05, 0) is 12.8 Å². The largest absolute Gasteiger partial charge is 0.402 e. The predicted octanol–water partition coefficient (Wildman–Crippen LogP) is 1.73. The first-order chi connectivity index (χ1) is 9.13. The summed E-state index contributed by atoms with van der Waals surface area (Å²) in [5, 5.41) is 5.65. The van der Waals surface area contributed by atoms with Crippen LogP contribution in [0.2, 0.25) is 0 Å². The number of hydrogen-bond donors (Lipinski definition) is 2. The summed E-state index contributed by atoms with van der Waals surface area (Å²) in [6.45, 7) is 1.71. The Hall–Kier alpha value is -1.29. The first-order valence-electron chi connectivity index (χ1n) is 6.00. The molecule has 0 bridgehead atoms. The number of nitrogens with two attached hydrogens (primary N) is 1. The van der Waals surface area contributed by atoms with Crippen LogP contribution in [0.3, 0.4) is 0 Å². The van der Waals surface area contributed by atoms with Crippen LogP contribution in [0.25, 0.3) is 0 Å². The van der Waals surface area contributed by atoms with Crippen molar-refractivity contribution in [1.82, 2.24) is 14.5 Å². The van der Waals surface area contributed by atoms with E-state index in [0.29, 0.717) is 4.31 Å². The van der Waals surface area contributed by atoms with Gasteiger partial charge in [0, 0.05) is 6.04 Å². The van der Waals surface area contributed by atoms with Gasteiger partial charge in [0.1, 0.15) is 17.3 Å². The molecular formula is C10H17F3N4O2S. The van der Waals surface area contributed by atoms with E-state index in [1.807, 2.05) is 0 Å². The van der Waals surface area contributed by atoms with Gasteiger partial charge in [-0.2, -0.15) is 22.6 Å². The van der Waals surface area contributed by atoms with Crippen molar-refractivity contribution < 1.29 is 21.6 Å². The molecule has 0 aromatic carbocycles. The molecule has 6 nitrogen and oxygen atoms in total. The average molecular weight is 314 g/mol. The maximum absolute atomic E-state index is 12.7. The second-order valence-corrected chi connectivity index (χ2v) is 6.14. The Bertz CT molecular complexity index is 537.